The molecule has 0 atom stereocenters. The lowest BCUT2D eigenvalue weighted by molar-refractivity contribution is -0.115. The highest BCUT2D eigenvalue weighted by Gasteiger charge is 2.12. The number of carbonyl (C=O) groups is 2. The summed E-state index contributed by atoms with van der Waals surface area (Å²) in [6.45, 7) is 5.57. The molecule has 1 rings (SSSR count). The van der Waals surface area contributed by atoms with Crippen molar-refractivity contribution in [2.24, 2.45) is 0 Å². The molecule has 0 saturated carbocycles. The second-order valence-electron chi connectivity index (χ2n) is 4.10. The summed E-state index contributed by atoms with van der Waals surface area (Å²) in [6.07, 6.45) is 3.53. The zero-order valence-corrected chi connectivity index (χ0v) is 12.1. The van der Waals surface area contributed by atoms with Crippen LogP contribution in [-0.2, 0) is 4.79 Å². The molecule has 100 valence electrons. The van der Waals surface area contributed by atoms with Crippen molar-refractivity contribution in [3.63, 3.8) is 0 Å². The van der Waals surface area contributed by atoms with E-state index in [0.717, 1.165) is 17.5 Å². The molecule has 1 N–H and O–H groups in total. The van der Waals surface area contributed by atoms with Crippen LogP contribution < -0.4 is 4.72 Å². The smallest absolute Gasteiger partial charge is 0.261 e. The molecule has 0 aromatic heterocycles. The molecule has 3 nitrogen and oxygen atoms in total. The summed E-state index contributed by atoms with van der Waals surface area (Å²) in [5.41, 5.74) is 2.05. The van der Waals surface area contributed by atoms with Gasteiger partial charge in [-0.1, -0.05) is 48.1 Å². The molecule has 1 amide bonds. The van der Waals surface area contributed by atoms with E-state index in [4.69, 9.17) is 0 Å². The van der Waals surface area contributed by atoms with Crippen LogP contribution in [-0.4, -0.2) is 11.0 Å². The van der Waals surface area contributed by atoms with Crippen molar-refractivity contribution in [1.82, 2.24) is 4.72 Å². The van der Waals surface area contributed by atoms with Gasteiger partial charge in [-0.2, -0.15) is 0 Å². The van der Waals surface area contributed by atoms with Crippen LogP contribution in [0.3, 0.4) is 0 Å². The first kappa shape index (κ1) is 15.2. The maximum absolute atomic E-state index is 11.9. The molecule has 0 spiro atoms. The molecular weight excluding hydrogens is 258 g/mol. The quantitative estimate of drug-likeness (QED) is 0.521. The lowest BCUT2D eigenvalue weighted by atomic mass is 10.1. The van der Waals surface area contributed by atoms with Crippen molar-refractivity contribution in [1.29, 1.82) is 0 Å². The van der Waals surface area contributed by atoms with Crippen molar-refractivity contribution < 1.29 is 9.59 Å². The van der Waals surface area contributed by atoms with Gasteiger partial charge in [0.05, 0.1) is 0 Å². The van der Waals surface area contributed by atoms with Gasteiger partial charge in [-0.25, -0.2) is 0 Å². The van der Waals surface area contributed by atoms with Gasteiger partial charge in [0.2, 0.25) is 5.12 Å². The topological polar surface area (TPSA) is 46.2 Å². The zero-order chi connectivity index (χ0) is 14.3. The van der Waals surface area contributed by atoms with E-state index >= 15 is 0 Å². The average molecular weight is 275 g/mol. The first-order valence-corrected chi connectivity index (χ1v) is 6.74. The van der Waals surface area contributed by atoms with Crippen LogP contribution in [0.1, 0.15) is 31.1 Å². The molecule has 19 heavy (non-hydrogen) atoms. The highest BCUT2D eigenvalue weighted by molar-refractivity contribution is 8.12. The molecule has 0 unspecified atom stereocenters. The average Bonchev–Trinajstić information content (AvgIpc) is 2.42. The number of hydrogen-bond acceptors (Lipinski definition) is 3. The van der Waals surface area contributed by atoms with Crippen LogP contribution in [0.25, 0.3) is 0 Å². The predicted octanol–water partition coefficient (Wildman–Crippen LogP) is 3.50. The van der Waals surface area contributed by atoms with Crippen molar-refractivity contribution in [3.05, 3.63) is 59.2 Å². The van der Waals surface area contributed by atoms with Gasteiger partial charge < -0.3 is 0 Å². The SMILES string of the molecule is C/C=C\C(C(=O)NSC(=O)c1ccccc1)=C(C)C. The molecule has 0 heterocycles. The third-order valence-electron chi connectivity index (χ3n) is 2.36. The minimum Gasteiger partial charge on any atom is -0.289 e. The first-order valence-electron chi connectivity index (χ1n) is 5.93. The standard InChI is InChI=1S/C15H17NO2S/c1-4-8-13(11(2)3)14(17)16-19-15(18)12-9-6-5-7-10-12/h4-10H,1-3H3,(H,16,17)/b8-4-. The van der Waals surface area contributed by atoms with Gasteiger partial charge in [-0.3, -0.25) is 14.3 Å². The number of amides is 1. The predicted molar refractivity (Wildman–Crippen MR) is 79.7 cm³/mol. The summed E-state index contributed by atoms with van der Waals surface area (Å²) in [6, 6.07) is 8.85. The van der Waals surface area contributed by atoms with E-state index < -0.39 is 0 Å². The Morgan fingerprint density at radius 3 is 2.32 bits per heavy atom. The van der Waals surface area contributed by atoms with Crippen LogP contribution in [0.2, 0.25) is 0 Å². The van der Waals surface area contributed by atoms with Gasteiger partial charge in [-0.15, -0.1) is 0 Å². The van der Waals surface area contributed by atoms with Gasteiger partial charge in [0.25, 0.3) is 5.91 Å². The third kappa shape index (κ3) is 4.75. The lowest BCUT2D eigenvalue weighted by Crippen LogP contribution is -2.20. The Morgan fingerprint density at radius 2 is 1.79 bits per heavy atom. The minimum absolute atomic E-state index is 0.178. The molecule has 0 aliphatic carbocycles. The highest BCUT2D eigenvalue weighted by atomic mass is 32.2. The molecule has 0 radical (unpaired) electrons. The summed E-state index contributed by atoms with van der Waals surface area (Å²) < 4.78 is 2.57. The maximum Gasteiger partial charge on any atom is 0.261 e. The van der Waals surface area contributed by atoms with Gasteiger partial charge in [0.15, 0.2) is 0 Å². The van der Waals surface area contributed by atoms with E-state index in [0.29, 0.717) is 11.1 Å². The fourth-order valence-electron chi connectivity index (χ4n) is 1.42. The van der Waals surface area contributed by atoms with Crippen molar-refractivity contribution in [2.75, 3.05) is 0 Å². The van der Waals surface area contributed by atoms with E-state index in [1.54, 1.807) is 36.4 Å². The molecule has 0 aliphatic heterocycles. The van der Waals surface area contributed by atoms with Crippen LogP contribution in [0.5, 0.6) is 0 Å². The Morgan fingerprint density at radius 1 is 1.16 bits per heavy atom. The van der Waals surface area contributed by atoms with E-state index in [1.165, 1.54) is 0 Å². The first-order chi connectivity index (χ1) is 9.06. The minimum atomic E-state index is -0.257. The van der Waals surface area contributed by atoms with Gasteiger partial charge >= 0.3 is 0 Å². The van der Waals surface area contributed by atoms with Gasteiger partial charge in [0, 0.05) is 23.1 Å². The second kappa shape index (κ2) is 7.59. The highest BCUT2D eigenvalue weighted by Crippen LogP contribution is 2.12. The summed E-state index contributed by atoms with van der Waals surface area (Å²) >= 11 is 0.803. The Kier molecular flexibility index (Phi) is 6.09. The van der Waals surface area contributed by atoms with E-state index in [1.807, 2.05) is 26.8 Å². The summed E-state index contributed by atoms with van der Waals surface area (Å²) in [7, 11) is 0. The Labute approximate surface area is 117 Å². The molecule has 4 heteroatoms. The van der Waals surface area contributed by atoms with Crippen molar-refractivity contribution >= 4 is 23.0 Å². The third-order valence-corrected chi connectivity index (χ3v) is 3.07. The van der Waals surface area contributed by atoms with Gasteiger partial charge in [0.1, 0.15) is 0 Å². The van der Waals surface area contributed by atoms with Crippen LogP contribution in [0.4, 0.5) is 0 Å². The largest absolute Gasteiger partial charge is 0.289 e. The molecule has 1 aromatic carbocycles. The fourth-order valence-corrected chi connectivity index (χ4v) is 1.97. The molecule has 1 aromatic rings. The van der Waals surface area contributed by atoms with Crippen LogP contribution >= 0.6 is 11.9 Å². The van der Waals surface area contributed by atoms with E-state index in [9.17, 15) is 9.59 Å². The normalized spacial score (nSPS) is 10.3. The van der Waals surface area contributed by atoms with E-state index in [-0.39, 0.29) is 11.0 Å². The zero-order valence-electron chi connectivity index (χ0n) is 11.3. The molecule has 0 saturated heterocycles. The summed E-state index contributed by atoms with van der Waals surface area (Å²) in [5.74, 6) is -0.257. The van der Waals surface area contributed by atoms with Crippen LogP contribution in [0, 0.1) is 0 Å². The molecular formula is C15H17NO2S. The monoisotopic (exact) mass is 275 g/mol. The number of carbonyl (C=O) groups excluding carboxylic acids is 2. The molecule has 0 aliphatic rings. The number of benzene rings is 1. The van der Waals surface area contributed by atoms with Gasteiger partial charge in [-0.05, 0) is 20.8 Å². The second-order valence-corrected chi connectivity index (χ2v) is 4.88. The number of nitrogens with one attached hydrogen (secondary N) is 1. The summed E-state index contributed by atoms with van der Waals surface area (Å²) in [4.78, 5) is 23.7. The molecule has 0 fully saturated rings. The number of hydrogen-bond donors (Lipinski definition) is 1. The van der Waals surface area contributed by atoms with Crippen molar-refractivity contribution in [2.45, 2.75) is 20.8 Å². The van der Waals surface area contributed by atoms with Crippen LogP contribution in [0.15, 0.2) is 53.6 Å². The fraction of sp³-hybridized carbons (Fsp3) is 0.200. The lowest BCUT2D eigenvalue weighted by Gasteiger charge is -2.06. The molecule has 0 bridgehead atoms. The number of rotatable bonds is 3. The Bertz CT molecular complexity index is 514. The number of allylic oxidation sites excluding steroid dienone is 2. The Hall–Kier alpha value is -1.81. The van der Waals surface area contributed by atoms with E-state index in [2.05, 4.69) is 4.72 Å². The summed E-state index contributed by atoms with van der Waals surface area (Å²) in [5, 5.41) is -0.178. The Balaban J connectivity index is 2.65. The maximum atomic E-state index is 11.9. The van der Waals surface area contributed by atoms with Crippen molar-refractivity contribution in [3.8, 4) is 0 Å².